The summed E-state index contributed by atoms with van der Waals surface area (Å²) in [5.74, 6) is 2.11. The summed E-state index contributed by atoms with van der Waals surface area (Å²) in [6.07, 6.45) is 13.9. The lowest BCUT2D eigenvalue weighted by Gasteiger charge is -2.44. The molecule has 0 radical (unpaired) electrons. The predicted molar refractivity (Wildman–Crippen MR) is 124 cm³/mol. The molecule has 3 nitrogen and oxygen atoms in total. The first-order valence-electron chi connectivity index (χ1n) is 12.2. The second-order valence-corrected chi connectivity index (χ2v) is 11.3. The monoisotopic (exact) mass is 416 g/mol. The van der Waals surface area contributed by atoms with Crippen molar-refractivity contribution < 1.29 is 15.3 Å². The van der Waals surface area contributed by atoms with Crippen molar-refractivity contribution in [3.05, 3.63) is 35.5 Å². The van der Waals surface area contributed by atoms with E-state index < -0.39 is 17.8 Å². The summed E-state index contributed by atoms with van der Waals surface area (Å²) < 4.78 is 0. The molecule has 0 aromatic carbocycles. The molecule has 6 atom stereocenters. The molecule has 0 saturated heterocycles. The van der Waals surface area contributed by atoms with Crippen LogP contribution in [0.2, 0.25) is 0 Å². The molecule has 0 aromatic rings. The van der Waals surface area contributed by atoms with E-state index in [-0.39, 0.29) is 0 Å². The van der Waals surface area contributed by atoms with Crippen molar-refractivity contribution >= 4 is 0 Å². The van der Waals surface area contributed by atoms with Gasteiger partial charge in [-0.1, -0.05) is 51.0 Å². The van der Waals surface area contributed by atoms with Crippen LogP contribution in [0.25, 0.3) is 0 Å². The van der Waals surface area contributed by atoms with Gasteiger partial charge in [-0.25, -0.2) is 0 Å². The lowest BCUT2D eigenvalue weighted by molar-refractivity contribution is 0.0596. The average molecular weight is 417 g/mol. The number of aliphatic hydroxyl groups excluding tert-OH is 2. The fraction of sp³-hybridized carbons (Fsp3) is 0.778. The summed E-state index contributed by atoms with van der Waals surface area (Å²) in [4.78, 5) is 0. The minimum Gasteiger partial charge on any atom is -0.393 e. The highest BCUT2D eigenvalue weighted by molar-refractivity contribution is 5.38. The Morgan fingerprint density at radius 2 is 1.97 bits per heavy atom. The predicted octanol–water partition coefficient (Wildman–Crippen LogP) is 5.70. The summed E-state index contributed by atoms with van der Waals surface area (Å²) in [6, 6.07) is 0. The Balaban J connectivity index is 1.70. The largest absolute Gasteiger partial charge is 0.393 e. The van der Waals surface area contributed by atoms with Crippen LogP contribution in [0.3, 0.4) is 0 Å². The lowest BCUT2D eigenvalue weighted by Crippen LogP contribution is -2.36. The molecule has 3 heteroatoms. The topological polar surface area (TPSA) is 60.7 Å². The average Bonchev–Trinajstić information content (AvgIpc) is 3.00. The highest BCUT2D eigenvalue weighted by Crippen LogP contribution is 2.60. The van der Waals surface area contributed by atoms with Gasteiger partial charge in [0, 0.05) is 6.42 Å². The molecular weight excluding hydrogens is 372 g/mol. The first-order chi connectivity index (χ1) is 14.0. The molecule has 170 valence electrons. The number of hydrogen-bond donors (Lipinski definition) is 3. The minimum atomic E-state index is -0.615. The van der Waals surface area contributed by atoms with Crippen LogP contribution in [-0.2, 0) is 0 Å². The highest BCUT2D eigenvalue weighted by Gasteiger charge is 2.50. The van der Waals surface area contributed by atoms with Gasteiger partial charge >= 0.3 is 0 Å². The van der Waals surface area contributed by atoms with Crippen molar-refractivity contribution in [2.45, 2.75) is 110 Å². The molecule has 0 bridgehead atoms. The quantitative estimate of drug-likeness (QED) is 0.520. The summed E-state index contributed by atoms with van der Waals surface area (Å²) in [6.45, 7) is 12.8. The van der Waals surface area contributed by atoms with Crippen molar-refractivity contribution in [1.29, 1.82) is 0 Å². The third-order valence-corrected chi connectivity index (χ3v) is 8.44. The van der Waals surface area contributed by atoms with E-state index in [1.165, 1.54) is 38.5 Å². The molecule has 0 spiro atoms. The van der Waals surface area contributed by atoms with Crippen molar-refractivity contribution in [3.8, 4) is 0 Å². The molecule has 3 rings (SSSR count). The van der Waals surface area contributed by atoms with Crippen LogP contribution in [0.5, 0.6) is 0 Å². The minimum absolute atomic E-state index is 0.374. The van der Waals surface area contributed by atoms with Gasteiger partial charge in [0.05, 0.1) is 17.8 Å². The Morgan fingerprint density at radius 1 is 1.23 bits per heavy atom. The SMILES string of the molecule is C=C1/C(=C\C=C2/CCC[C@@]3(C)C2CC[C@@H]3C(C)CCCC(C)(C)O)C[C@@H](O)CC1O. The molecule has 3 aliphatic carbocycles. The lowest BCUT2D eigenvalue weighted by atomic mass is 9.60. The van der Waals surface area contributed by atoms with Gasteiger partial charge in [-0.05, 0) is 93.1 Å². The zero-order chi connectivity index (χ0) is 22.1. The van der Waals surface area contributed by atoms with E-state index in [9.17, 15) is 15.3 Å². The summed E-state index contributed by atoms with van der Waals surface area (Å²) in [5, 5.41) is 30.2. The molecule has 3 saturated carbocycles. The second kappa shape index (κ2) is 9.30. The van der Waals surface area contributed by atoms with E-state index in [1.54, 1.807) is 5.57 Å². The second-order valence-electron chi connectivity index (χ2n) is 11.3. The van der Waals surface area contributed by atoms with E-state index in [4.69, 9.17) is 0 Å². The van der Waals surface area contributed by atoms with Gasteiger partial charge < -0.3 is 15.3 Å². The Bertz CT molecular complexity index is 683. The normalized spacial score (nSPS) is 38.8. The molecule has 0 heterocycles. The molecule has 0 aliphatic heterocycles. The molecular formula is C27H44O3. The van der Waals surface area contributed by atoms with E-state index >= 15 is 0 Å². The zero-order valence-corrected chi connectivity index (χ0v) is 19.7. The standard InChI is InChI=1S/C27H44O3/c1-18(8-6-14-26(3,4)30)23-12-13-24-20(9-7-15-27(23,24)5)10-11-21-16-22(28)17-25(29)19(21)2/h10-11,18,22-25,28-30H,2,6-9,12-17H2,1,3-5H3/b20-10+,21-11-/t18?,22-,23-,24?,25?,27-/m1/s1. The van der Waals surface area contributed by atoms with E-state index in [1.807, 2.05) is 13.8 Å². The smallest absolute Gasteiger partial charge is 0.0811 e. The van der Waals surface area contributed by atoms with Crippen molar-refractivity contribution in [2.75, 3.05) is 0 Å². The number of allylic oxidation sites excluding steroid dienone is 3. The summed E-state index contributed by atoms with van der Waals surface area (Å²) >= 11 is 0. The third kappa shape index (κ3) is 5.29. The molecule has 3 aliphatic rings. The van der Waals surface area contributed by atoms with Gasteiger partial charge in [-0.2, -0.15) is 0 Å². The van der Waals surface area contributed by atoms with Crippen LogP contribution in [0.1, 0.15) is 91.9 Å². The van der Waals surface area contributed by atoms with Crippen LogP contribution in [0.4, 0.5) is 0 Å². The van der Waals surface area contributed by atoms with Gasteiger partial charge in [0.25, 0.3) is 0 Å². The number of hydrogen-bond acceptors (Lipinski definition) is 3. The number of aliphatic hydroxyl groups is 3. The molecule has 30 heavy (non-hydrogen) atoms. The van der Waals surface area contributed by atoms with Crippen LogP contribution in [-0.4, -0.2) is 33.1 Å². The van der Waals surface area contributed by atoms with Crippen molar-refractivity contribution in [2.24, 2.45) is 23.2 Å². The zero-order valence-electron chi connectivity index (χ0n) is 19.7. The summed E-state index contributed by atoms with van der Waals surface area (Å²) in [5.41, 5.74) is 3.17. The van der Waals surface area contributed by atoms with Crippen molar-refractivity contribution in [1.82, 2.24) is 0 Å². The third-order valence-electron chi connectivity index (χ3n) is 8.44. The van der Waals surface area contributed by atoms with Crippen molar-refractivity contribution in [3.63, 3.8) is 0 Å². The molecule has 3 N–H and O–H groups in total. The van der Waals surface area contributed by atoms with Crippen LogP contribution in [0, 0.1) is 23.2 Å². The van der Waals surface area contributed by atoms with E-state index in [0.29, 0.717) is 30.1 Å². The fourth-order valence-electron chi connectivity index (χ4n) is 6.74. The maximum Gasteiger partial charge on any atom is 0.0811 e. The Hall–Kier alpha value is -0.900. The summed E-state index contributed by atoms with van der Waals surface area (Å²) in [7, 11) is 0. The van der Waals surface area contributed by atoms with Gasteiger partial charge in [0.1, 0.15) is 0 Å². The Morgan fingerprint density at radius 3 is 2.67 bits per heavy atom. The van der Waals surface area contributed by atoms with Gasteiger partial charge in [0.15, 0.2) is 0 Å². The van der Waals surface area contributed by atoms with Crippen LogP contribution < -0.4 is 0 Å². The number of rotatable bonds is 6. The Labute approximate surface area is 184 Å². The van der Waals surface area contributed by atoms with Crippen LogP contribution in [0.15, 0.2) is 35.5 Å². The molecule has 0 amide bonds. The number of fused-ring (bicyclic) bond motifs is 1. The van der Waals surface area contributed by atoms with Crippen LogP contribution >= 0.6 is 0 Å². The molecule has 0 aromatic heterocycles. The molecule has 3 fully saturated rings. The first kappa shape index (κ1) is 23.8. The van der Waals surface area contributed by atoms with Gasteiger partial charge in [0.2, 0.25) is 0 Å². The van der Waals surface area contributed by atoms with Gasteiger partial charge in [-0.15, -0.1) is 0 Å². The van der Waals surface area contributed by atoms with E-state index in [0.717, 1.165) is 29.9 Å². The fourth-order valence-corrected chi connectivity index (χ4v) is 6.74. The highest BCUT2D eigenvalue weighted by atomic mass is 16.3. The molecule has 3 unspecified atom stereocenters. The van der Waals surface area contributed by atoms with E-state index in [2.05, 4.69) is 32.6 Å². The van der Waals surface area contributed by atoms with Gasteiger partial charge in [-0.3, -0.25) is 0 Å². The maximum atomic E-state index is 10.1. The maximum absolute atomic E-state index is 10.1. The first-order valence-corrected chi connectivity index (χ1v) is 12.2. The Kier molecular flexibility index (Phi) is 7.37.